The number of aromatic nitrogens is 3. The fourth-order valence-corrected chi connectivity index (χ4v) is 6.42. The number of ether oxygens (including phenoxy) is 1. The number of halogens is 2. The minimum Gasteiger partial charge on any atom is -0.372 e. The largest absolute Gasteiger partial charge is 0.372 e. The number of amides is 3. The zero-order valence-electron chi connectivity index (χ0n) is 25.1. The second kappa shape index (κ2) is 13.1. The minimum atomic E-state index is -1.90. The van der Waals surface area contributed by atoms with Crippen LogP contribution in [0.25, 0.3) is 0 Å². The third-order valence-corrected chi connectivity index (χ3v) is 8.54. The lowest BCUT2D eigenvalue weighted by Crippen LogP contribution is -2.61. The molecule has 17 heteroatoms. The number of nitrogens with two attached hydrogens (primary N) is 1. The SMILES string of the molecule is CC1CN(C(=O)c2cc(Br)cc([N+](=O)[O-])c2NC2(C(N)=O)CCCN2C(=O)c2cncc(N(C)c3ccnc(Cl)n3)c2)CC(C)O1. The van der Waals surface area contributed by atoms with Gasteiger partial charge in [0.25, 0.3) is 23.4 Å². The van der Waals surface area contributed by atoms with Crippen LogP contribution in [0.1, 0.15) is 47.4 Å². The van der Waals surface area contributed by atoms with Gasteiger partial charge in [0.2, 0.25) is 5.28 Å². The number of anilines is 3. The second-order valence-electron chi connectivity index (χ2n) is 11.2. The van der Waals surface area contributed by atoms with Gasteiger partial charge in [0.15, 0.2) is 5.66 Å². The number of hydrogen-bond acceptors (Lipinski definition) is 11. The summed E-state index contributed by atoms with van der Waals surface area (Å²) in [7, 11) is 1.70. The Kier molecular flexibility index (Phi) is 9.42. The summed E-state index contributed by atoms with van der Waals surface area (Å²) in [6.45, 7) is 4.27. The van der Waals surface area contributed by atoms with Crippen molar-refractivity contribution in [3.8, 4) is 0 Å². The predicted octanol–water partition coefficient (Wildman–Crippen LogP) is 3.74. The molecule has 46 heavy (non-hydrogen) atoms. The number of carbonyl (C=O) groups excluding carboxylic acids is 3. The average Bonchev–Trinajstić information content (AvgIpc) is 3.45. The first-order chi connectivity index (χ1) is 21.8. The summed E-state index contributed by atoms with van der Waals surface area (Å²) in [5.41, 5.74) is 3.93. The van der Waals surface area contributed by atoms with Crippen molar-refractivity contribution in [1.82, 2.24) is 24.8 Å². The number of benzene rings is 1. The molecule has 0 spiro atoms. The van der Waals surface area contributed by atoms with E-state index in [1.807, 2.05) is 13.8 Å². The van der Waals surface area contributed by atoms with E-state index in [1.165, 1.54) is 35.6 Å². The molecule has 4 heterocycles. The van der Waals surface area contributed by atoms with Crippen LogP contribution in [0, 0.1) is 10.1 Å². The van der Waals surface area contributed by atoms with Crippen LogP contribution in [0.15, 0.2) is 47.3 Å². The molecule has 0 aliphatic carbocycles. The Labute approximate surface area is 277 Å². The molecule has 3 unspecified atom stereocenters. The van der Waals surface area contributed by atoms with E-state index in [2.05, 4.69) is 36.2 Å². The predicted molar refractivity (Wildman–Crippen MR) is 172 cm³/mol. The highest BCUT2D eigenvalue weighted by atomic mass is 79.9. The maximum absolute atomic E-state index is 14.1. The normalized spacial score (nSPS) is 21.2. The van der Waals surface area contributed by atoms with Crippen LogP contribution < -0.4 is 16.0 Å². The molecule has 1 aromatic carbocycles. The third-order valence-electron chi connectivity index (χ3n) is 7.90. The quantitative estimate of drug-likeness (QED) is 0.196. The first-order valence-electron chi connectivity index (χ1n) is 14.3. The Morgan fingerprint density at radius 2 is 1.91 bits per heavy atom. The fourth-order valence-electron chi connectivity index (χ4n) is 5.83. The van der Waals surface area contributed by atoms with E-state index in [0.717, 1.165) is 0 Å². The van der Waals surface area contributed by atoms with Gasteiger partial charge in [-0.3, -0.25) is 29.5 Å². The Bertz CT molecular complexity index is 1700. The van der Waals surface area contributed by atoms with Crippen LogP contribution in [0.2, 0.25) is 5.28 Å². The number of carbonyl (C=O) groups is 3. The van der Waals surface area contributed by atoms with E-state index in [-0.39, 0.29) is 64.8 Å². The van der Waals surface area contributed by atoms with Gasteiger partial charge in [-0.1, -0.05) is 15.9 Å². The number of primary amides is 1. The van der Waals surface area contributed by atoms with Gasteiger partial charge in [-0.25, -0.2) is 9.97 Å². The van der Waals surface area contributed by atoms with Crippen molar-refractivity contribution in [2.45, 2.75) is 44.6 Å². The molecule has 2 aromatic heterocycles. The Balaban J connectivity index is 1.54. The van der Waals surface area contributed by atoms with Gasteiger partial charge in [-0.15, -0.1) is 0 Å². The van der Waals surface area contributed by atoms with Crippen molar-refractivity contribution < 1.29 is 24.0 Å². The first-order valence-corrected chi connectivity index (χ1v) is 15.5. The van der Waals surface area contributed by atoms with Gasteiger partial charge in [-0.2, -0.15) is 0 Å². The van der Waals surface area contributed by atoms with E-state index in [4.69, 9.17) is 22.1 Å². The molecule has 3 aromatic rings. The summed E-state index contributed by atoms with van der Waals surface area (Å²) >= 11 is 9.23. The van der Waals surface area contributed by atoms with Crippen molar-refractivity contribution in [3.05, 3.63) is 73.9 Å². The minimum absolute atomic E-state index is 0.0347. The zero-order valence-corrected chi connectivity index (χ0v) is 27.5. The topological polar surface area (TPSA) is 190 Å². The van der Waals surface area contributed by atoms with Crippen LogP contribution in [0.5, 0.6) is 0 Å². The summed E-state index contributed by atoms with van der Waals surface area (Å²) in [5, 5.41) is 15.3. The van der Waals surface area contributed by atoms with Crippen LogP contribution in [-0.2, 0) is 9.53 Å². The number of nitrogens with zero attached hydrogens (tertiary/aromatic N) is 7. The molecule has 2 aliphatic rings. The number of hydrogen-bond donors (Lipinski definition) is 2. The lowest BCUT2D eigenvalue weighted by Gasteiger charge is -2.38. The molecule has 5 rings (SSSR count). The number of nitrogens with one attached hydrogen (secondary N) is 1. The maximum Gasteiger partial charge on any atom is 0.294 e. The molecule has 2 saturated heterocycles. The van der Waals surface area contributed by atoms with Gasteiger partial charge < -0.3 is 30.5 Å². The molecule has 3 N–H and O–H groups in total. The highest BCUT2D eigenvalue weighted by Crippen LogP contribution is 2.40. The van der Waals surface area contributed by atoms with Gasteiger partial charge in [-0.05, 0) is 50.1 Å². The maximum atomic E-state index is 14.1. The highest BCUT2D eigenvalue weighted by molar-refractivity contribution is 9.10. The number of rotatable bonds is 8. The molecule has 3 atom stereocenters. The highest BCUT2D eigenvalue weighted by Gasteiger charge is 2.51. The molecule has 0 saturated carbocycles. The van der Waals surface area contributed by atoms with Crippen LogP contribution in [-0.4, -0.2) is 91.9 Å². The smallest absolute Gasteiger partial charge is 0.294 e. The summed E-state index contributed by atoms with van der Waals surface area (Å²) < 4.78 is 6.04. The second-order valence-corrected chi connectivity index (χ2v) is 12.4. The molecular weight excluding hydrogens is 686 g/mol. The first kappa shape index (κ1) is 33.0. The number of nitro benzene ring substituents is 1. The van der Waals surface area contributed by atoms with Crippen molar-refractivity contribution >= 4 is 68.1 Å². The van der Waals surface area contributed by atoms with Gasteiger partial charge in [0.1, 0.15) is 11.5 Å². The van der Waals surface area contributed by atoms with Gasteiger partial charge >= 0.3 is 0 Å². The van der Waals surface area contributed by atoms with Crippen molar-refractivity contribution in [3.63, 3.8) is 0 Å². The molecule has 242 valence electrons. The van der Waals surface area contributed by atoms with E-state index in [9.17, 15) is 24.5 Å². The average molecular weight is 717 g/mol. The molecular formula is C29H31BrClN9O6. The van der Waals surface area contributed by atoms with Crippen LogP contribution >= 0.6 is 27.5 Å². The molecule has 3 amide bonds. The lowest BCUT2D eigenvalue weighted by molar-refractivity contribution is -0.384. The molecule has 0 radical (unpaired) electrons. The molecule has 15 nitrogen and oxygen atoms in total. The number of likely N-dealkylation sites (tertiary alicyclic amines) is 1. The number of pyridine rings is 1. The van der Waals surface area contributed by atoms with Crippen molar-refractivity contribution in [2.75, 3.05) is 36.9 Å². The molecule has 2 aliphatic heterocycles. The van der Waals surface area contributed by atoms with E-state index < -0.39 is 34.0 Å². The third kappa shape index (κ3) is 6.45. The summed E-state index contributed by atoms with van der Waals surface area (Å²) in [6.07, 6.45) is 4.21. The summed E-state index contributed by atoms with van der Waals surface area (Å²) in [6, 6.07) is 5.86. The molecule has 2 fully saturated rings. The van der Waals surface area contributed by atoms with Gasteiger partial charge in [0.05, 0.1) is 40.1 Å². The lowest BCUT2D eigenvalue weighted by atomic mass is 10.0. The van der Waals surface area contributed by atoms with Crippen LogP contribution in [0.3, 0.4) is 0 Å². The zero-order chi connectivity index (χ0) is 33.3. The van der Waals surface area contributed by atoms with Gasteiger partial charge in [0, 0.05) is 56.0 Å². The Morgan fingerprint density at radius 1 is 1.20 bits per heavy atom. The number of morpholine rings is 1. The summed E-state index contributed by atoms with van der Waals surface area (Å²) in [5.74, 6) is -1.60. The van der Waals surface area contributed by atoms with Crippen molar-refractivity contribution in [2.24, 2.45) is 5.73 Å². The monoisotopic (exact) mass is 715 g/mol. The molecule has 0 bridgehead atoms. The Morgan fingerprint density at radius 3 is 2.57 bits per heavy atom. The van der Waals surface area contributed by atoms with Crippen molar-refractivity contribution in [1.29, 1.82) is 0 Å². The van der Waals surface area contributed by atoms with E-state index in [0.29, 0.717) is 17.9 Å². The summed E-state index contributed by atoms with van der Waals surface area (Å²) in [4.78, 5) is 69.7. The van der Waals surface area contributed by atoms with E-state index in [1.54, 1.807) is 29.0 Å². The standard InChI is InChI=1S/C29H31BrClN9O6/c1-16-14-38(15-17(2)46-16)26(42)21-10-19(30)11-22(40(44)45)24(21)36-29(27(32)43)6-4-8-39(29)25(41)18-9-20(13-33-12-18)37(3)23-5-7-34-28(31)35-23/h5,7,9-13,16-17,36H,4,6,8,14-15H2,1-3H3,(H2,32,43). The fraction of sp³-hybridized carbons (Fsp3) is 0.379. The Hall–Kier alpha value is -4.41. The van der Waals surface area contributed by atoms with E-state index >= 15 is 0 Å². The van der Waals surface area contributed by atoms with Crippen LogP contribution in [0.4, 0.5) is 22.9 Å². The number of nitro groups is 1.